The van der Waals surface area contributed by atoms with Gasteiger partial charge in [0.1, 0.15) is 0 Å². The second-order valence-corrected chi connectivity index (χ2v) is 7.36. The second kappa shape index (κ2) is 7.15. The summed E-state index contributed by atoms with van der Waals surface area (Å²) in [6.45, 7) is 0. The molecule has 2 amide bonds. The third-order valence-corrected chi connectivity index (χ3v) is 4.83. The number of carbonyl (C=O) groups is 1. The van der Waals surface area contributed by atoms with E-state index in [1.807, 2.05) is 42.5 Å². The van der Waals surface area contributed by atoms with Crippen LogP contribution >= 0.6 is 0 Å². The number of rotatable bonds is 4. The zero-order valence-corrected chi connectivity index (χ0v) is 14.2. The zero-order valence-electron chi connectivity index (χ0n) is 13.4. The van der Waals surface area contributed by atoms with Crippen LogP contribution in [-0.2, 0) is 23.0 Å². The highest BCUT2D eigenvalue weighted by Gasteiger charge is 2.31. The van der Waals surface area contributed by atoms with Crippen LogP contribution in [0.5, 0.6) is 0 Å². The molecule has 2 aromatic rings. The predicted octanol–water partition coefficient (Wildman–Crippen LogP) is 2.34. The Hall–Kier alpha value is -2.18. The lowest BCUT2D eigenvalue weighted by atomic mass is 10.1. The summed E-state index contributed by atoms with van der Waals surface area (Å²) in [4.78, 5) is 12.4. The number of carbonyl (C=O) groups excluding carboxylic acids is 1. The maximum Gasteiger partial charge on any atom is 0.319 e. The summed E-state index contributed by atoms with van der Waals surface area (Å²) in [5.74, 6) is 0.380. The van der Waals surface area contributed by atoms with Crippen LogP contribution in [0, 0.1) is 0 Å². The number of fused-ring (bicyclic) bond motifs is 1. The topological polar surface area (TPSA) is 78.4 Å². The van der Waals surface area contributed by atoms with Crippen LogP contribution in [0.15, 0.2) is 48.5 Å². The third-order valence-electron chi connectivity index (χ3n) is 4.11. The lowest BCUT2D eigenvalue weighted by Gasteiger charge is -2.19. The van der Waals surface area contributed by atoms with E-state index in [9.17, 15) is 14.1 Å². The molecule has 24 heavy (non-hydrogen) atoms. The summed E-state index contributed by atoms with van der Waals surface area (Å²) < 4.78 is 11.5. The third kappa shape index (κ3) is 3.66. The minimum absolute atomic E-state index is 0.380. The first kappa shape index (κ1) is 16.7. The first-order valence-electron chi connectivity index (χ1n) is 7.76. The SMILES string of the molecule is C[S@](=O)Cc1ccccc1NC(=O)N[C@H]1c2ccccc2C[C@H]1O. The van der Waals surface area contributed by atoms with Gasteiger partial charge in [0, 0.05) is 29.2 Å². The number of benzene rings is 2. The number of urea groups is 1. The van der Waals surface area contributed by atoms with Crippen molar-refractivity contribution in [3.63, 3.8) is 0 Å². The van der Waals surface area contributed by atoms with Gasteiger partial charge in [-0.15, -0.1) is 0 Å². The smallest absolute Gasteiger partial charge is 0.319 e. The lowest BCUT2D eigenvalue weighted by molar-refractivity contribution is 0.144. The minimum atomic E-state index is -0.993. The van der Waals surface area contributed by atoms with E-state index in [0.29, 0.717) is 17.9 Å². The van der Waals surface area contributed by atoms with E-state index >= 15 is 0 Å². The molecule has 0 spiro atoms. The molecule has 0 saturated carbocycles. The summed E-state index contributed by atoms with van der Waals surface area (Å²) in [7, 11) is -0.993. The molecule has 0 heterocycles. The molecule has 0 aromatic heterocycles. The molecule has 1 aliphatic carbocycles. The summed E-state index contributed by atoms with van der Waals surface area (Å²) in [5.41, 5.74) is 3.45. The molecule has 6 heteroatoms. The van der Waals surface area contributed by atoms with Crippen molar-refractivity contribution in [2.24, 2.45) is 0 Å². The highest BCUT2D eigenvalue weighted by atomic mass is 32.2. The fraction of sp³-hybridized carbons (Fsp3) is 0.278. The average Bonchev–Trinajstić information content (AvgIpc) is 2.85. The summed E-state index contributed by atoms with van der Waals surface area (Å²) >= 11 is 0. The van der Waals surface area contributed by atoms with Gasteiger partial charge in [-0.25, -0.2) is 4.79 Å². The molecule has 5 nitrogen and oxygen atoms in total. The molecule has 126 valence electrons. The van der Waals surface area contributed by atoms with Gasteiger partial charge in [-0.2, -0.15) is 0 Å². The van der Waals surface area contributed by atoms with E-state index in [0.717, 1.165) is 16.7 Å². The standard InChI is InChI=1S/C18H20N2O3S/c1-24(23)11-13-7-3-5-9-15(13)19-18(22)20-17-14-8-4-2-6-12(14)10-16(17)21/h2-9,16-17,21H,10-11H2,1H3,(H2,19,20,22)/t16-,17+,24+/m1/s1. The summed E-state index contributed by atoms with van der Waals surface area (Å²) in [6.07, 6.45) is 1.53. The van der Waals surface area contributed by atoms with Gasteiger partial charge in [0.15, 0.2) is 0 Å². The highest BCUT2D eigenvalue weighted by Crippen LogP contribution is 2.31. The second-order valence-electron chi connectivity index (χ2n) is 5.92. The van der Waals surface area contributed by atoms with E-state index in [4.69, 9.17) is 0 Å². The van der Waals surface area contributed by atoms with Gasteiger partial charge in [0.25, 0.3) is 0 Å². The maximum atomic E-state index is 12.4. The molecule has 0 radical (unpaired) electrons. The molecule has 3 rings (SSSR count). The van der Waals surface area contributed by atoms with Gasteiger partial charge < -0.3 is 15.7 Å². The molecule has 3 N–H and O–H groups in total. The van der Waals surface area contributed by atoms with Crippen LogP contribution in [-0.4, -0.2) is 27.7 Å². The van der Waals surface area contributed by atoms with Crippen LogP contribution in [0.25, 0.3) is 0 Å². The number of anilines is 1. The van der Waals surface area contributed by atoms with Gasteiger partial charge in [-0.1, -0.05) is 42.5 Å². The number of hydrogen-bond acceptors (Lipinski definition) is 3. The van der Waals surface area contributed by atoms with Gasteiger partial charge in [0.05, 0.1) is 17.9 Å². The fourth-order valence-electron chi connectivity index (χ4n) is 3.03. The monoisotopic (exact) mass is 344 g/mol. The molecule has 0 bridgehead atoms. The molecular weight excluding hydrogens is 324 g/mol. The van der Waals surface area contributed by atoms with Gasteiger partial charge in [-0.3, -0.25) is 4.21 Å². The molecule has 0 unspecified atom stereocenters. The van der Waals surface area contributed by atoms with Gasteiger partial charge in [-0.05, 0) is 22.8 Å². The van der Waals surface area contributed by atoms with Crippen molar-refractivity contribution < 1.29 is 14.1 Å². The number of hydrogen-bond donors (Lipinski definition) is 3. The minimum Gasteiger partial charge on any atom is -0.390 e. The predicted molar refractivity (Wildman–Crippen MR) is 95.3 cm³/mol. The average molecular weight is 344 g/mol. The Bertz CT molecular complexity index is 778. The highest BCUT2D eigenvalue weighted by molar-refractivity contribution is 7.83. The largest absolute Gasteiger partial charge is 0.390 e. The van der Waals surface area contributed by atoms with E-state index in [1.165, 1.54) is 0 Å². The number of para-hydroxylation sites is 1. The Morgan fingerprint density at radius 3 is 2.71 bits per heavy atom. The molecule has 0 aliphatic heterocycles. The Balaban J connectivity index is 1.72. The van der Waals surface area contributed by atoms with Crippen LogP contribution in [0.3, 0.4) is 0 Å². The number of nitrogens with one attached hydrogen (secondary N) is 2. The fourth-order valence-corrected chi connectivity index (χ4v) is 3.72. The Kier molecular flexibility index (Phi) is 4.97. The number of aliphatic hydroxyl groups excluding tert-OH is 1. The Morgan fingerprint density at radius 1 is 1.21 bits per heavy atom. The van der Waals surface area contributed by atoms with Gasteiger partial charge >= 0.3 is 6.03 Å². The Morgan fingerprint density at radius 2 is 1.92 bits per heavy atom. The first-order valence-corrected chi connectivity index (χ1v) is 9.48. The van der Waals surface area contributed by atoms with Crippen LogP contribution in [0.4, 0.5) is 10.5 Å². The van der Waals surface area contributed by atoms with Crippen LogP contribution in [0.1, 0.15) is 22.7 Å². The van der Waals surface area contributed by atoms with Crippen LogP contribution in [0.2, 0.25) is 0 Å². The lowest BCUT2D eigenvalue weighted by Crippen LogP contribution is -2.37. The van der Waals surface area contributed by atoms with Crippen molar-refractivity contribution in [3.05, 3.63) is 65.2 Å². The van der Waals surface area contributed by atoms with E-state index in [1.54, 1.807) is 12.3 Å². The summed E-state index contributed by atoms with van der Waals surface area (Å²) in [6, 6.07) is 14.2. The van der Waals surface area contributed by atoms with Crippen molar-refractivity contribution in [1.29, 1.82) is 0 Å². The van der Waals surface area contributed by atoms with Crippen molar-refractivity contribution in [2.45, 2.75) is 24.3 Å². The van der Waals surface area contributed by atoms with Crippen molar-refractivity contribution in [2.75, 3.05) is 11.6 Å². The number of aliphatic hydroxyl groups is 1. The summed E-state index contributed by atoms with van der Waals surface area (Å²) in [5, 5.41) is 15.9. The maximum absolute atomic E-state index is 12.4. The normalized spacial score (nSPS) is 20.2. The van der Waals surface area contributed by atoms with Gasteiger partial charge in [0.2, 0.25) is 0 Å². The number of amides is 2. The van der Waals surface area contributed by atoms with E-state index < -0.39 is 22.9 Å². The zero-order chi connectivity index (χ0) is 17.1. The van der Waals surface area contributed by atoms with Crippen molar-refractivity contribution in [3.8, 4) is 0 Å². The molecule has 2 aromatic carbocycles. The molecule has 3 atom stereocenters. The van der Waals surface area contributed by atoms with Crippen molar-refractivity contribution >= 4 is 22.5 Å². The molecule has 1 aliphatic rings. The van der Waals surface area contributed by atoms with Crippen molar-refractivity contribution in [1.82, 2.24) is 5.32 Å². The molecule has 0 fully saturated rings. The van der Waals surface area contributed by atoms with E-state index in [-0.39, 0.29) is 6.03 Å². The quantitative estimate of drug-likeness (QED) is 0.797. The molecule has 0 saturated heterocycles. The Labute approximate surface area is 143 Å². The van der Waals surface area contributed by atoms with Crippen LogP contribution < -0.4 is 10.6 Å². The first-order chi connectivity index (χ1) is 11.5. The van der Waals surface area contributed by atoms with E-state index in [2.05, 4.69) is 10.6 Å². The molecular formula is C18H20N2O3S.